The second kappa shape index (κ2) is 4.64. The molecule has 2 heterocycles. The average Bonchev–Trinajstić information content (AvgIpc) is 3.07. The summed E-state index contributed by atoms with van der Waals surface area (Å²) >= 11 is 0. The lowest BCUT2D eigenvalue weighted by Crippen LogP contribution is -2.04. The molecule has 19 heavy (non-hydrogen) atoms. The number of aromatic nitrogens is 1. The minimum absolute atomic E-state index is 0.148. The van der Waals surface area contributed by atoms with Gasteiger partial charge >= 0.3 is 5.97 Å². The van der Waals surface area contributed by atoms with Gasteiger partial charge in [0.1, 0.15) is 0 Å². The molecule has 0 spiro atoms. The second-order valence-electron chi connectivity index (χ2n) is 3.86. The van der Waals surface area contributed by atoms with Crippen molar-refractivity contribution in [3.63, 3.8) is 0 Å². The molecular formula is C13H11NO5. The lowest BCUT2D eigenvalue weighted by Gasteiger charge is -1.98. The maximum atomic E-state index is 11.5. The van der Waals surface area contributed by atoms with E-state index in [9.17, 15) is 4.79 Å². The van der Waals surface area contributed by atoms with E-state index in [1.165, 1.54) is 6.07 Å². The summed E-state index contributed by atoms with van der Waals surface area (Å²) in [5.41, 5.74) is 0.904. The molecule has 0 aliphatic carbocycles. The lowest BCUT2D eigenvalue weighted by molar-refractivity contribution is 0.0514. The van der Waals surface area contributed by atoms with Gasteiger partial charge in [0.25, 0.3) is 0 Å². The highest BCUT2D eigenvalue weighted by molar-refractivity contribution is 5.88. The average molecular weight is 261 g/mol. The van der Waals surface area contributed by atoms with Crippen LogP contribution in [0.5, 0.6) is 11.5 Å². The monoisotopic (exact) mass is 261 g/mol. The Morgan fingerprint density at radius 1 is 1.32 bits per heavy atom. The topological polar surface area (TPSA) is 70.8 Å². The summed E-state index contributed by atoms with van der Waals surface area (Å²) in [6.45, 7) is 2.24. The van der Waals surface area contributed by atoms with E-state index in [0.29, 0.717) is 23.9 Å². The van der Waals surface area contributed by atoms with E-state index in [2.05, 4.69) is 5.16 Å². The molecule has 0 bridgehead atoms. The molecule has 0 amide bonds. The van der Waals surface area contributed by atoms with Crippen LogP contribution in [0, 0.1) is 0 Å². The van der Waals surface area contributed by atoms with Crippen molar-refractivity contribution < 1.29 is 23.5 Å². The number of carbonyl (C=O) groups excluding carboxylic acids is 1. The normalized spacial score (nSPS) is 12.5. The highest BCUT2D eigenvalue weighted by Gasteiger charge is 2.18. The van der Waals surface area contributed by atoms with Crippen molar-refractivity contribution in [2.75, 3.05) is 13.4 Å². The van der Waals surface area contributed by atoms with Crippen molar-refractivity contribution in [2.45, 2.75) is 6.92 Å². The Labute approximate surface area is 108 Å². The zero-order valence-corrected chi connectivity index (χ0v) is 10.2. The smallest absolute Gasteiger partial charge is 0.360 e. The standard InChI is InChI=1S/C13H11NO5/c1-2-16-13(15)9-6-11(19-14-9)8-3-4-10-12(5-8)18-7-17-10/h3-6H,2,7H2,1H3. The van der Waals surface area contributed by atoms with Gasteiger partial charge in [0.2, 0.25) is 6.79 Å². The van der Waals surface area contributed by atoms with E-state index < -0.39 is 5.97 Å². The Balaban J connectivity index is 1.88. The van der Waals surface area contributed by atoms with E-state index in [4.69, 9.17) is 18.7 Å². The number of hydrogen-bond acceptors (Lipinski definition) is 6. The number of nitrogens with zero attached hydrogens (tertiary/aromatic N) is 1. The number of carbonyl (C=O) groups is 1. The maximum absolute atomic E-state index is 11.5. The van der Waals surface area contributed by atoms with Crippen LogP contribution < -0.4 is 9.47 Å². The van der Waals surface area contributed by atoms with Gasteiger partial charge in [-0.1, -0.05) is 5.16 Å². The van der Waals surface area contributed by atoms with E-state index in [1.54, 1.807) is 19.1 Å². The summed E-state index contributed by atoms with van der Waals surface area (Å²) in [4.78, 5) is 11.5. The SMILES string of the molecule is CCOC(=O)c1cc(-c2ccc3c(c2)OCO3)on1. The zero-order chi connectivity index (χ0) is 13.2. The van der Waals surface area contributed by atoms with Crippen LogP contribution in [-0.2, 0) is 4.74 Å². The van der Waals surface area contributed by atoms with Crippen LogP contribution in [0.4, 0.5) is 0 Å². The molecule has 0 saturated heterocycles. The molecule has 1 aromatic carbocycles. The quantitative estimate of drug-likeness (QED) is 0.789. The Morgan fingerprint density at radius 2 is 2.16 bits per heavy atom. The molecule has 6 nitrogen and oxygen atoms in total. The Kier molecular flexibility index (Phi) is 2.83. The first kappa shape index (κ1) is 11.6. The van der Waals surface area contributed by atoms with Gasteiger partial charge in [-0.3, -0.25) is 0 Å². The van der Waals surface area contributed by atoms with Crippen LogP contribution in [0.25, 0.3) is 11.3 Å². The number of benzene rings is 1. The Hall–Kier alpha value is -2.50. The van der Waals surface area contributed by atoms with Gasteiger partial charge in [0, 0.05) is 11.6 Å². The molecule has 0 radical (unpaired) electrons. The summed E-state index contributed by atoms with van der Waals surface area (Å²) in [5.74, 6) is 1.31. The van der Waals surface area contributed by atoms with Crippen LogP contribution in [-0.4, -0.2) is 24.5 Å². The van der Waals surface area contributed by atoms with Gasteiger partial charge in [0.05, 0.1) is 6.61 Å². The van der Waals surface area contributed by atoms with Crippen molar-refractivity contribution >= 4 is 5.97 Å². The predicted molar refractivity (Wildman–Crippen MR) is 64.0 cm³/mol. The number of ether oxygens (including phenoxy) is 3. The molecule has 0 atom stereocenters. The molecule has 0 N–H and O–H groups in total. The molecular weight excluding hydrogens is 250 g/mol. The third kappa shape index (κ3) is 2.12. The largest absolute Gasteiger partial charge is 0.461 e. The molecule has 98 valence electrons. The molecule has 0 saturated carbocycles. The zero-order valence-electron chi connectivity index (χ0n) is 10.2. The Bertz CT molecular complexity index is 619. The first-order valence-electron chi connectivity index (χ1n) is 5.82. The number of esters is 1. The van der Waals surface area contributed by atoms with Crippen molar-refractivity contribution in [1.82, 2.24) is 5.16 Å². The van der Waals surface area contributed by atoms with Crippen LogP contribution in [0.3, 0.4) is 0 Å². The predicted octanol–water partition coefficient (Wildman–Crippen LogP) is 2.25. The molecule has 1 aliphatic rings. The van der Waals surface area contributed by atoms with Crippen molar-refractivity contribution in [3.05, 3.63) is 30.0 Å². The van der Waals surface area contributed by atoms with Crippen LogP contribution in [0.2, 0.25) is 0 Å². The first-order valence-corrected chi connectivity index (χ1v) is 5.82. The summed E-state index contributed by atoms with van der Waals surface area (Å²) < 4.78 is 20.5. The van der Waals surface area contributed by atoms with Gasteiger partial charge < -0.3 is 18.7 Å². The summed E-state index contributed by atoms with van der Waals surface area (Å²) in [6.07, 6.45) is 0. The maximum Gasteiger partial charge on any atom is 0.360 e. The van der Waals surface area contributed by atoms with Gasteiger partial charge in [-0.2, -0.15) is 0 Å². The van der Waals surface area contributed by atoms with Gasteiger partial charge in [0.15, 0.2) is 23.0 Å². The summed E-state index contributed by atoms with van der Waals surface area (Å²) in [5, 5.41) is 3.68. The van der Waals surface area contributed by atoms with Crippen LogP contribution in [0.1, 0.15) is 17.4 Å². The number of fused-ring (bicyclic) bond motifs is 1. The van der Waals surface area contributed by atoms with Gasteiger partial charge in [-0.05, 0) is 25.1 Å². The minimum Gasteiger partial charge on any atom is -0.461 e. The van der Waals surface area contributed by atoms with Crippen LogP contribution in [0.15, 0.2) is 28.8 Å². The fourth-order valence-corrected chi connectivity index (χ4v) is 1.76. The van der Waals surface area contributed by atoms with E-state index in [1.807, 2.05) is 6.07 Å². The molecule has 1 aliphatic heterocycles. The van der Waals surface area contributed by atoms with Crippen LogP contribution >= 0.6 is 0 Å². The first-order chi connectivity index (χ1) is 9.28. The van der Waals surface area contributed by atoms with Gasteiger partial charge in [-0.15, -0.1) is 0 Å². The Morgan fingerprint density at radius 3 is 3.00 bits per heavy atom. The van der Waals surface area contributed by atoms with E-state index in [-0.39, 0.29) is 12.5 Å². The van der Waals surface area contributed by atoms with Gasteiger partial charge in [-0.25, -0.2) is 4.79 Å². The molecule has 0 fully saturated rings. The van der Waals surface area contributed by atoms with Crippen molar-refractivity contribution in [2.24, 2.45) is 0 Å². The number of rotatable bonds is 3. The van der Waals surface area contributed by atoms with Crippen molar-refractivity contribution in [1.29, 1.82) is 0 Å². The fraction of sp³-hybridized carbons (Fsp3) is 0.231. The second-order valence-corrected chi connectivity index (χ2v) is 3.86. The molecule has 0 unspecified atom stereocenters. The lowest BCUT2D eigenvalue weighted by atomic mass is 10.1. The van der Waals surface area contributed by atoms with Crippen molar-refractivity contribution in [3.8, 4) is 22.8 Å². The molecule has 2 aromatic rings. The highest BCUT2D eigenvalue weighted by Crippen LogP contribution is 2.35. The third-order valence-corrected chi connectivity index (χ3v) is 2.65. The molecule has 6 heteroatoms. The molecule has 1 aromatic heterocycles. The summed E-state index contributed by atoms with van der Waals surface area (Å²) in [6, 6.07) is 6.90. The molecule has 3 rings (SSSR count). The summed E-state index contributed by atoms with van der Waals surface area (Å²) in [7, 11) is 0. The fourth-order valence-electron chi connectivity index (χ4n) is 1.76. The van der Waals surface area contributed by atoms with E-state index in [0.717, 1.165) is 5.56 Å². The number of hydrogen-bond donors (Lipinski definition) is 0. The third-order valence-electron chi connectivity index (χ3n) is 2.65. The minimum atomic E-state index is -0.502. The highest BCUT2D eigenvalue weighted by atomic mass is 16.7. The van der Waals surface area contributed by atoms with E-state index >= 15 is 0 Å².